The predicted octanol–water partition coefficient (Wildman–Crippen LogP) is 5.15. The van der Waals surface area contributed by atoms with Crippen LogP contribution in [-0.2, 0) is 15.7 Å². The maximum atomic E-state index is 12.6. The first-order valence-corrected chi connectivity index (χ1v) is 6.73. The summed E-state index contributed by atoms with van der Waals surface area (Å²) >= 11 is 5.67. The zero-order valence-corrected chi connectivity index (χ0v) is 12.0. The van der Waals surface area contributed by atoms with Crippen molar-refractivity contribution >= 4 is 17.6 Å². The molecule has 0 saturated carbocycles. The lowest BCUT2D eigenvalue weighted by atomic mass is 10.0. The highest BCUT2D eigenvalue weighted by atomic mass is 35.5. The molecule has 0 N–H and O–H groups in total. The fraction of sp³-hybridized carbons (Fsp3) is 0.500. The van der Waals surface area contributed by atoms with E-state index in [1.807, 2.05) is 6.92 Å². The molecule has 0 radical (unpaired) electrons. The highest BCUT2D eigenvalue weighted by Gasteiger charge is 2.33. The average Bonchev–Trinajstić information content (AvgIpc) is 2.36. The minimum absolute atomic E-state index is 0.217. The summed E-state index contributed by atoms with van der Waals surface area (Å²) in [4.78, 5) is 11.3. The lowest BCUT2D eigenvalue weighted by molar-refractivity contribution is -0.149. The average molecular weight is 309 g/mol. The topological polar surface area (TPSA) is 26.3 Å². The minimum atomic E-state index is -4.49. The van der Waals surface area contributed by atoms with Gasteiger partial charge in [-0.25, -0.2) is 0 Å². The molecule has 0 aromatic heterocycles. The zero-order chi connectivity index (χ0) is 15.3. The lowest BCUT2D eigenvalue weighted by Gasteiger charge is -2.19. The maximum Gasteiger partial charge on any atom is 0.417 e. The van der Waals surface area contributed by atoms with Crippen LogP contribution in [-0.4, -0.2) is 5.97 Å². The first-order valence-electron chi connectivity index (χ1n) is 6.35. The summed E-state index contributed by atoms with van der Waals surface area (Å²) < 4.78 is 43.1. The van der Waals surface area contributed by atoms with E-state index in [2.05, 4.69) is 0 Å². The van der Waals surface area contributed by atoms with Gasteiger partial charge in [0.15, 0.2) is 0 Å². The fourth-order valence-electron chi connectivity index (χ4n) is 1.76. The quantitative estimate of drug-likeness (QED) is 0.703. The Morgan fingerprint density at radius 2 is 2.00 bits per heavy atom. The van der Waals surface area contributed by atoms with Crippen LogP contribution in [0.2, 0.25) is 5.02 Å². The number of hydrogen-bond acceptors (Lipinski definition) is 2. The Balaban J connectivity index is 3.03. The number of esters is 1. The van der Waals surface area contributed by atoms with Crippen molar-refractivity contribution in [3.8, 4) is 0 Å². The highest BCUT2D eigenvalue weighted by molar-refractivity contribution is 6.31. The summed E-state index contributed by atoms with van der Waals surface area (Å²) in [5, 5.41) is -0.386. The zero-order valence-electron chi connectivity index (χ0n) is 11.3. The second-order valence-corrected chi connectivity index (χ2v) is 4.76. The van der Waals surface area contributed by atoms with Gasteiger partial charge in [0.05, 0.1) is 10.6 Å². The van der Waals surface area contributed by atoms with Gasteiger partial charge in [-0.1, -0.05) is 37.9 Å². The third-order valence-corrected chi connectivity index (χ3v) is 3.10. The Kier molecular flexibility index (Phi) is 5.87. The number of halogens is 4. The summed E-state index contributed by atoms with van der Waals surface area (Å²) in [7, 11) is 0. The van der Waals surface area contributed by atoms with E-state index in [4.69, 9.17) is 16.3 Å². The number of hydrogen-bond donors (Lipinski definition) is 0. The molecule has 20 heavy (non-hydrogen) atoms. The van der Waals surface area contributed by atoms with E-state index < -0.39 is 17.8 Å². The fourth-order valence-corrected chi connectivity index (χ4v) is 2.06. The van der Waals surface area contributed by atoms with Gasteiger partial charge in [-0.3, -0.25) is 4.79 Å². The van der Waals surface area contributed by atoms with Gasteiger partial charge in [-0.05, 0) is 24.1 Å². The van der Waals surface area contributed by atoms with Crippen molar-refractivity contribution in [1.29, 1.82) is 0 Å². The molecule has 1 unspecified atom stereocenters. The molecule has 0 aliphatic carbocycles. The normalized spacial score (nSPS) is 13.1. The molecule has 0 aliphatic rings. The van der Waals surface area contributed by atoms with E-state index >= 15 is 0 Å². The van der Waals surface area contributed by atoms with Crippen LogP contribution in [0.1, 0.15) is 50.3 Å². The van der Waals surface area contributed by atoms with E-state index in [-0.39, 0.29) is 17.4 Å². The standard InChI is InChI=1S/C14H16ClF3O2/c1-3-5-12(20-13(19)4-2)9-6-7-10(11(15)8-9)14(16,17)18/h6-8,12H,3-5H2,1-2H3. The van der Waals surface area contributed by atoms with Crippen LogP contribution in [0.15, 0.2) is 18.2 Å². The second kappa shape index (κ2) is 6.97. The smallest absolute Gasteiger partial charge is 0.417 e. The van der Waals surface area contributed by atoms with Crippen molar-refractivity contribution < 1.29 is 22.7 Å². The molecule has 1 aromatic carbocycles. The molecule has 1 aromatic rings. The van der Waals surface area contributed by atoms with E-state index in [1.165, 1.54) is 12.1 Å². The molecule has 0 amide bonds. The SMILES string of the molecule is CCCC(OC(=O)CC)c1ccc(C(F)(F)F)c(Cl)c1. The Bertz CT molecular complexity index is 472. The summed E-state index contributed by atoms with van der Waals surface area (Å²) in [6, 6.07) is 3.44. The van der Waals surface area contributed by atoms with E-state index in [0.29, 0.717) is 12.0 Å². The van der Waals surface area contributed by atoms with Gasteiger partial charge >= 0.3 is 12.1 Å². The van der Waals surface area contributed by atoms with Crippen LogP contribution in [0.5, 0.6) is 0 Å². The largest absolute Gasteiger partial charge is 0.457 e. The molecular formula is C14H16ClF3O2. The van der Waals surface area contributed by atoms with Crippen LogP contribution in [0.25, 0.3) is 0 Å². The van der Waals surface area contributed by atoms with Gasteiger partial charge in [-0.2, -0.15) is 13.2 Å². The van der Waals surface area contributed by atoms with Crippen molar-refractivity contribution in [1.82, 2.24) is 0 Å². The number of carbonyl (C=O) groups is 1. The molecule has 112 valence electrons. The molecule has 1 rings (SSSR count). The molecule has 6 heteroatoms. The summed E-state index contributed by atoms with van der Waals surface area (Å²) in [5.41, 5.74) is -0.411. The number of carbonyl (C=O) groups excluding carboxylic acids is 1. The predicted molar refractivity (Wildman–Crippen MR) is 70.5 cm³/mol. The number of rotatable bonds is 5. The van der Waals surface area contributed by atoms with Crippen LogP contribution in [0.3, 0.4) is 0 Å². The van der Waals surface area contributed by atoms with Gasteiger partial charge in [0, 0.05) is 6.42 Å². The Labute approximate surface area is 120 Å². The molecule has 0 saturated heterocycles. The molecule has 0 spiro atoms. The van der Waals surface area contributed by atoms with Crippen LogP contribution >= 0.6 is 11.6 Å². The molecule has 1 atom stereocenters. The van der Waals surface area contributed by atoms with E-state index in [0.717, 1.165) is 12.5 Å². The molecule has 2 nitrogen and oxygen atoms in total. The van der Waals surface area contributed by atoms with Crippen LogP contribution in [0.4, 0.5) is 13.2 Å². The summed E-state index contributed by atoms with van der Waals surface area (Å²) in [6.45, 7) is 3.56. The molecule has 0 aliphatic heterocycles. The third-order valence-electron chi connectivity index (χ3n) is 2.78. The number of alkyl halides is 3. The maximum absolute atomic E-state index is 12.6. The number of ether oxygens (including phenoxy) is 1. The first kappa shape index (κ1) is 16.8. The van der Waals surface area contributed by atoms with Crippen molar-refractivity contribution in [2.45, 2.75) is 45.4 Å². The van der Waals surface area contributed by atoms with Crippen molar-refractivity contribution in [2.24, 2.45) is 0 Å². The highest BCUT2D eigenvalue weighted by Crippen LogP contribution is 2.36. The minimum Gasteiger partial charge on any atom is -0.457 e. The lowest BCUT2D eigenvalue weighted by Crippen LogP contribution is -2.12. The van der Waals surface area contributed by atoms with Crippen molar-refractivity contribution in [2.75, 3.05) is 0 Å². The summed E-state index contributed by atoms with van der Waals surface area (Å²) in [6.07, 6.45) is -3.56. The van der Waals surface area contributed by atoms with Crippen LogP contribution < -0.4 is 0 Å². The van der Waals surface area contributed by atoms with Crippen LogP contribution in [0, 0.1) is 0 Å². The molecule has 0 fully saturated rings. The van der Waals surface area contributed by atoms with Crippen molar-refractivity contribution in [3.05, 3.63) is 34.3 Å². The van der Waals surface area contributed by atoms with Gasteiger partial charge in [0.25, 0.3) is 0 Å². The van der Waals surface area contributed by atoms with Gasteiger partial charge in [0.2, 0.25) is 0 Å². The van der Waals surface area contributed by atoms with E-state index in [1.54, 1.807) is 6.92 Å². The Morgan fingerprint density at radius 1 is 1.35 bits per heavy atom. The van der Waals surface area contributed by atoms with Gasteiger partial charge < -0.3 is 4.74 Å². The summed E-state index contributed by atoms with van der Waals surface area (Å²) in [5.74, 6) is -0.389. The second-order valence-electron chi connectivity index (χ2n) is 4.36. The van der Waals surface area contributed by atoms with Crippen molar-refractivity contribution in [3.63, 3.8) is 0 Å². The third kappa shape index (κ3) is 4.40. The molecule has 0 heterocycles. The first-order chi connectivity index (χ1) is 9.29. The van der Waals surface area contributed by atoms with Gasteiger partial charge in [-0.15, -0.1) is 0 Å². The van der Waals surface area contributed by atoms with E-state index in [9.17, 15) is 18.0 Å². The Morgan fingerprint density at radius 3 is 2.45 bits per heavy atom. The Hall–Kier alpha value is -1.23. The molecular weight excluding hydrogens is 293 g/mol. The monoisotopic (exact) mass is 308 g/mol. The van der Waals surface area contributed by atoms with Gasteiger partial charge in [0.1, 0.15) is 6.10 Å². The number of benzene rings is 1. The molecule has 0 bridgehead atoms.